The second-order valence-electron chi connectivity index (χ2n) is 5.86. The van der Waals surface area contributed by atoms with Gasteiger partial charge in [0.05, 0.1) is 5.56 Å². The van der Waals surface area contributed by atoms with E-state index in [0.29, 0.717) is 18.7 Å². The summed E-state index contributed by atoms with van der Waals surface area (Å²) in [6.07, 6.45) is 3.61. The van der Waals surface area contributed by atoms with Crippen LogP contribution in [0.1, 0.15) is 16.2 Å². The fourth-order valence-electron chi connectivity index (χ4n) is 2.99. The third-order valence-corrected chi connectivity index (χ3v) is 4.36. The molecule has 7 nitrogen and oxygen atoms in total. The molecule has 0 atom stereocenters. The minimum Gasteiger partial charge on any atom is -0.353 e. The Morgan fingerprint density at radius 2 is 1.88 bits per heavy atom. The molecule has 7 heteroatoms. The Morgan fingerprint density at radius 1 is 1.04 bits per heavy atom. The Hall–Kier alpha value is -2.96. The number of carbonyl (C=O) groups excluding carboxylic acids is 1. The molecule has 3 aromatic rings. The number of pyridine rings is 2. The number of nitrogens with zero attached hydrogens (tertiary/aromatic N) is 6. The van der Waals surface area contributed by atoms with E-state index in [2.05, 4.69) is 20.1 Å². The third-order valence-electron chi connectivity index (χ3n) is 4.36. The maximum Gasteiger partial charge on any atom is 0.255 e. The first-order valence-electron chi connectivity index (χ1n) is 7.99. The van der Waals surface area contributed by atoms with Crippen LogP contribution < -0.4 is 4.90 Å². The normalized spacial score (nSPS) is 15.0. The molecule has 4 rings (SSSR count). The molecule has 3 aromatic heterocycles. The highest BCUT2D eigenvalue weighted by molar-refractivity contribution is 5.94. The molecule has 1 fully saturated rings. The van der Waals surface area contributed by atoms with E-state index in [9.17, 15) is 4.79 Å². The summed E-state index contributed by atoms with van der Waals surface area (Å²) in [7, 11) is 0. The lowest BCUT2D eigenvalue weighted by molar-refractivity contribution is 0.0746. The van der Waals surface area contributed by atoms with Gasteiger partial charge in [-0.05, 0) is 31.2 Å². The molecular formula is C17H18N6O. The number of hydrogen-bond acceptors (Lipinski definition) is 5. The van der Waals surface area contributed by atoms with Crippen LogP contribution in [0.25, 0.3) is 5.65 Å². The standard InChI is InChI=1S/C17H18N6O/c1-13-19-20-16-6-5-14(12-23(13)16)17(24)22-10-8-21(9-11-22)15-4-2-3-7-18-15/h2-7,12H,8-11H2,1H3. The van der Waals surface area contributed by atoms with Gasteiger partial charge in [-0.3, -0.25) is 9.20 Å². The maximum absolute atomic E-state index is 12.8. The minimum absolute atomic E-state index is 0.0469. The number of hydrogen-bond donors (Lipinski definition) is 0. The molecule has 1 amide bonds. The zero-order valence-corrected chi connectivity index (χ0v) is 13.5. The molecule has 122 valence electrons. The van der Waals surface area contributed by atoms with Crippen molar-refractivity contribution in [3.8, 4) is 0 Å². The van der Waals surface area contributed by atoms with Gasteiger partial charge in [-0.15, -0.1) is 10.2 Å². The van der Waals surface area contributed by atoms with E-state index >= 15 is 0 Å². The second-order valence-corrected chi connectivity index (χ2v) is 5.86. The summed E-state index contributed by atoms with van der Waals surface area (Å²) in [5.41, 5.74) is 1.42. The predicted octanol–water partition coefficient (Wildman–Crippen LogP) is 1.40. The van der Waals surface area contributed by atoms with Crippen molar-refractivity contribution < 1.29 is 4.79 Å². The average Bonchev–Trinajstić information content (AvgIpc) is 3.02. The summed E-state index contributed by atoms with van der Waals surface area (Å²) in [5.74, 6) is 1.79. The summed E-state index contributed by atoms with van der Waals surface area (Å²) in [6, 6.07) is 9.54. The number of amides is 1. The van der Waals surface area contributed by atoms with Crippen LogP contribution in [0.4, 0.5) is 5.82 Å². The lowest BCUT2D eigenvalue weighted by Crippen LogP contribution is -2.49. The number of aryl methyl sites for hydroxylation is 1. The molecule has 1 aliphatic heterocycles. The van der Waals surface area contributed by atoms with Gasteiger partial charge in [0.1, 0.15) is 11.6 Å². The smallest absolute Gasteiger partial charge is 0.255 e. The Bertz CT molecular complexity index is 867. The number of rotatable bonds is 2. The van der Waals surface area contributed by atoms with Gasteiger partial charge in [0.2, 0.25) is 0 Å². The van der Waals surface area contributed by atoms with Gasteiger partial charge in [-0.1, -0.05) is 6.07 Å². The van der Waals surface area contributed by atoms with E-state index in [4.69, 9.17) is 0 Å². The van der Waals surface area contributed by atoms with Crippen LogP contribution in [-0.4, -0.2) is 56.6 Å². The number of carbonyl (C=O) groups is 1. The zero-order chi connectivity index (χ0) is 16.5. The highest BCUT2D eigenvalue weighted by atomic mass is 16.2. The van der Waals surface area contributed by atoms with E-state index in [0.717, 1.165) is 30.4 Å². The highest BCUT2D eigenvalue weighted by Crippen LogP contribution is 2.15. The van der Waals surface area contributed by atoms with E-state index in [1.165, 1.54) is 0 Å². The molecule has 0 bridgehead atoms. The number of anilines is 1. The Balaban J connectivity index is 1.48. The van der Waals surface area contributed by atoms with Crippen LogP contribution in [0, 0.1) is 6.92 Å². The molecule has 0 saturated carbocycles. The molecular weight excluding hydrogens is 304 g/mol. The molecule has 1 aliphatic rings. The van der Waals surface area contributed by atoms with Gasteiger partial charge >= 0.3 is 0 Å². The van der Waals surface area contributed by atoms with Crippen LogP contribution in [-0.2, 0) is 0 Å². The predicted molar refractivity (Wildman–Crippen MR) is 90.1 cm³/mol. The molecule has 0 aliphatic carbocycles. The van der Waals surface area contributed by atoms with Crippen molar-refractivity contribution in [2.24, 2.45) is 0 Å². The first kappa shape index (κ1) is 14.6. The van der Waals surface area contributed by atoms with Crippen LogP contribution in [0.5, 0.6) is 0 Å². The fourth-order valence-corrected chi connectivity index (χ4v) is 2.99. The Kier molecular flexibility index (Phi) is 3.60. The largest absolute Gasteiger partial charge is 0.353 e. The first-order valence-corrected chi connectivity index (χ1v) is 7.99. The number of piperazine rings is 1. The van der Waals surface area contributed by atoms with E-state index in [1.54, 1.807) is 6.20 Å². The highest BCUT2D eigenvalue weighted by Gasteiger charge is 2.23. The molecule has 0 spiro atoms. The topological polar surface area (TPSA) is 66.6 Å². The number of fused-ring (bicyclic) bond motifs is 1. The van der Waals surface area contributed by atoms with Gasteiger partial charge < -0.3 is 9.80 Å². The van der Waals surface area contributed by atoms with Crippen molar-refractivity contribution in [1.82, 2.24) is 24.5 Å². The fraction of sp³-hybridized carbons (Fsp3) is 0.294. The lowest BCUT2D eigenvalue weighted by atomic mass is 10.2. The quantitative estimate of drug-likeness (QED) is 0.713. The maximum atomic E-state index is 12.8. The first-order chi connectivity index (χ1) is 11.7. The summed E-state index contributed by atoms with van der Waals surface area (Å²) >= 11 is 0. The van der Waals surface area contributed by atoms with Gasteiger partial charge in [-0.25, -0.2) is 4.98 Å². The van der Waals surface area contributed by atoms with Crippen LogP contribution >= 0.6 is 0 Å². The summed E-state index contributed by atoms with van der Waals surface area (Å²) in [6.45, 7) is 4.83. The molecule has 0 N–H and O–H groups in total. The molecule has 24 heavy (non-hydrogen) atoms. The van der Waals surface area contributed by atoms with Crippen LogP contribution in [0.2, 0.25) is 0 Å². The van der Waals surface area contributed by atoms with E-state index < -0.39 is 0 Å². The van der Waals surface area contributed by atoms with Crippen molar-refractivity contribution >= 4 is 17.4 Å². The minimum atomic E-state index is 0.0469. The van der Waals surface area contributed by atoms with Crippen molar-refractivity contribution in [1.29, 1.82) is 0 Å². The molecule has 1 saturated heterocycles. The molecule has 0 unspecified atom stereocenters. The molecule has 0 radical (unpaired) electrons. The van der Waals surface area contributed by atoms with Crippen molar-refractivity contribution in [2.45, 2.75) is 6.92 Å². The van der Waals surface area contributed by atoms with Crippen LogP contribution in [0.15, 0.2) is 42.7 Å². The van der Waals surface area contributed by atoms with E-state index in [-0.39, 0.29) is 5.91 Å². The molecule has 4 heterocycles. The van der Waals surface area contributed by atoms with Gasteiger partial charge in [0.15, 0.2) is 5.65 Å². The van der Waals surface area contributed by atoms with Gasteiger partial charge in [-0.2, -0.15) is 0 Å². The summed E-state index contributed by atoms with van der Waals surface area (Å²) in [4.78, 5) is 21.2. The lowest BCUT2D eigenvalue weighted by Gasteiger charge is -2.35. The Labute approximate surface area is 139 Å². The van der Waals surface area contributed by atoms with Gasteiger partial charge in [0, 0.05) is 38.6 Å². The molecule has 0 aromatic carbocycles. The Morgan fingerprint density at radius 3 is 2.62 bits per heavy atom. The summed E-state index contributed by atoms with van der Waals surface area (Å²) < 4.78 is 1.84. The third kappa shape index (κ3) is 2.58. The monoisotopic (exact) mass is 322 g/mol. The van der Waals surface area contributed by atoms with Crippen molar-refractivity contribution in [3.63, 3.8) is 0 Å². The SMILES string of the molecule is Cc1nnc2ccc(C(=O)N3CCN(c4ccccn4)CC3)cn12. The van der Waals surface area contributed by atoms with Crippen molar-refractivity contribution in [3.05, 3.63) is 54.1 Å². The summed E-state index contributed by atoms with van der Waals surface area (Å²) in [5, 5.41) is 8.08. The zero-order valence-electron chi connectivity index (χ0n) is 13.5. The van der Waals surface area contributed by atoms with Crippen LogP contribution in [0.3, 0.4) is 0 Å². The average molecular weight is 322 g/mol. The van der Waals surface area contributed by atoms with Crippen molar-refractivity contribution in [2.75, 3.05) is 31.1 Å². The number of aromatic nitrogens is 4. The van der Waals surface area contributed by atoms with E-state index in [1.807, 2.05) is 52.8 Å². The van der Waals surface area contributed by atoms with Gasteiger partial charge in [0.25, 0.3) is 5.91 Å². The second kappa shape index (κ2) is 5.92.